The number of nitrogens with one attached hydrogen (secondary N) is 1. The highest BCUT2D eigenvalue weighted by Crippen LogP contribution is 2.29. The standard InChI is InChI=1S/C23H24N2O5/c1-4-14(3)16-7-9-17(10-8-16)25-22(28)18(21(27)24-23(25)29)12-15-6-11-19(26)20(13-15)30-5-2/h6-14,26H,4-5H2,1-3H3,(H,24,27,29)/b18-12+/t14-/m0/s1. The summed E-state index contributed by atoms with van der Waals surface area (Å²) in [5.74, 6) is -0.939. The molecular weight excluding hydrogens is 384 g/mol. The lowest BCUT2D eigenvalue weighted by molar-refractivity contribution is -0.122. The number of hydrogen-bond acceptors (Lipinski definition) is 5. The van der Waals surface area contributed by atoms with Crippen LogP contribution in [-0.4, -0.2) is 29.6 Å². The molecule has 7 heteroatoms. The van der Waals surface area contributed by atoms with Crippen LogP contribution in [0, 0.1) is 0 Å². The minimum Gasteiger partial charge on any atom is -0.504 e. The topological polar surface area (TPSA) is 95.9 Å². The van der Waals surface area contributed by atoms with E-state index in [9.17, 15) is 19.5 Å². The van der Waals surface area contributed by atoms with Crippen LogP contribution in [0.4, 0.5) is 10.5 Å². The Balaban J connectivity index is 1.94. The van der Waals surface area contributed by atoms with Gasteiger partial charge in [0.2, 0.25) is 0 Å². The molecule has 4 amide bonds. The molecule has 1 fully saturated rings. The monoisotopic (exact) mass is 408 g/mol. The number of carbonyl (C=O) groups is 3. The zero-order chi connectivity index (χ0) is 21.8. The highest BCUT2D eigenvalue weighted by atomic mass is 16.5. The smallest absolute Gasteiger partial charge is 0.335 e. The number of phenols is 1. The van der Waals surface area contributed by atoms with Gasteiger partial charge in [0.1, 0.15) is 5.57 Å². The Morgan fingerprint density at radius 2 is 1.80 bits per heavy atom. The van der Waals surface area contributed by atoms with Gasteiger partial charge in [0.05, 0.1) is 12.3 Å². The Bertz CT molecular complexity index is 1010. The van der Waals surface area contributed by atoms with Gasteiger partial charge in [0, 0.05) is 0 Å². The number of anilines is 1. The predicted molar refractivity (Wildman–Crippen MR) is 113 cm³/mol. The zero-order valence-corrected chi connectivity index (χ0v) is 17.1. The molecule has 1 heterocycles. The van der Waals surface area contributed by atoms with E-state index in [1.807, 2.05) is 12.1 Å². The van der Waals surface area contributed by atoms with Gasteiger partial charge >= 0.3 is 6.03 Å². The number of hydrogen-bond donors (Lipinski definition) is 2. The first kappa shape index (κ1) is 21.1. The van der Waals surface area contributed by atoms with E-state index >= 15 is 0 Å². The molecule has 1 saturated heterocycles. The van der Waals surface area contributed by atoms with Crippen LogP contribution in [0.15, 0.2) is 48.0 Å². The van der Waals surface area contributed by atoms with Crippen molar-refractivity contribution >= 4 is 29.6 Å². The van der Waals surface area contributed by atoms with Crippen LogP contribution >= 0.6 is 0 Å². The highest BCUT2D eigenvalue weighted by Gasteiger charge is 2.36. The molecule has 2 N–H and O–H groups in total. The summed E-state index contributed by atoms with van der Waals surface area (Å²) in [6.45, 7) is 6.31. The summed E-state index contributed by atoms with van der Waals surface area (Å²) < 4.78 is 5.34. The van der Waals surface area contributed by atoms with E-state index < -0.39 is 17.8 Å². The fourth-order valence-corrected chi connectivity index (χ4v) is 3.14. The second-order valence-electron chi connectivity index (χ2n) is 7.02. The summed E-state index contributed by atoms with van der Waals surface area (Å²) >= 11 is 0. The fourth-order valence-electron chi connectivity index (χ4n) is 3.14. The molecule has 156 valence electrons. The summed E-state index contributed by atoms with van der Waals surface area (Å²) in [7, 11) is 0. The molecule has 0 bridgehead atoms. The van der Waals surface area contributed by atoms with Gasteiger partial charge in [0.25, 0.3) is 11.8 Å². The summed E-state index contributed by atoms with van der Waals surface area (Å²) in [4.78, 5) is 38.6. The maximum absolute atomic E-state index is 13.0. The number of carbonyl (C=O) groups excluding carboxylic acids is 3. The molecule has 2 aromatic rings. The maximum atomic E-state index is 13.0. The Labute approximate surface area is 175 Å². The van der Waals surface area contributed by atoms with Crippen molar-refractivity contribution in [3.63, 3.8) is 0 Å². The molecule has 0 saturated carbocycles. The van der Waals surface area contributed by atoms with Gasteiger partial charge < -0.3 is 9.84 Å². The number of aromatic hydroxyl groups is 1. The van der Waals surface area contributed by atoms with Gasteiger partial charge in [-0.1, -0.05) is 32.0 Å². The number of barbiturate groups is 1. The third kappa shape index (κ3) is 4.20. The fraction of sp³-hybridized carbons (Fsp3) is 0.261. The van der Waals surface area contributed by atoms with Crippen LogP contribution < -0.4 is 15.0 Å². The molecule has 0 unspecified atom stereocenters. The van der Waals surface area contributed by atoms with E-state index in [-0.39, 0.29) is 17.1 Å². The second-order valence-corrected chi connectivity index (χ2v) is 7.02. The summed E-state index contributed by atoms with van der Waals surface area (Å²) in [6.07, 6.45) is 2.34. The molecule has 0 aromatic heterocycles. The van der Waals surface area contributed by atoms with Gasteiger partial charge in [-0.3, -0.25) is 14.9 Å². The molecule has 2 aromatic carbocycles. The lowest BCUT2D eigenvalue weighted by Gasteiger charge is -2.26. The molecule has 0 spiro atoms. The Morgan fingerprint density at radius 3 is 2.43 bits per heavy atom. The highest BCUT2D eigenvalue weighted by molar-refractivity contribution is 6.39. The van der Waals surface area contributed by atoms with Gasteiger partial charge in [0.15, 0.2) is 11.5 Å². The van der Waals surface area contributed by atoms with E-state index in [1.165, 1.54) is 18.2 Å². The predicted octanol–water partition coefficient (Wildman–Crippen LogP) is 3.97. The van der Waals surface area contributed by atoms with Crippen molar-refractivity contribution in [1.29, 1.82) is 0 Å². The van der Waals surface area contributed by atoms with Crippen LogP contribution in [-0.2, 0) is 9.59 Å². The number of urea groups is 1. The first-order valence-corrected chi connectivity index (χ1v) is 9.82. The van der Waals surface area contributed by atoms with Crippen LogP contribution in [0.25, 0.3) is 6.08 Å². The number of ether oxygens (including phenoxy) is 1. The minimum absolute atomic E-state index is 0.0448. The summed E-state index contributed by atoms with van der Waals surface area (Å²) in [5, 5.41) is 12.0. The number of rotatable bonds is 6. The number of phenolic OH excluding ortho intramolecular Hbond substituents is 1. The Hall–Kier alpha value is -3.61. The van der Waals surface area contributed by atoms with Crippen molar-refractivity contribution in [3.05, 3.63) is 59.2 Å². The average molecular weight is 408 g/mol. The van der Waals surface area contributed by atoms with Crippen molar-refractivity contribution in [2.24, 2.45) is 0 Å². The lowest BCUT2D eigenvalue weighted by Crippen LogP contribution is -2.54. The van der Waals surface area contributed by atoms with Gasteiger partial charge in [-0.05, 0) is 60.7 Å². The molecule has 7 nitrogen and oxygen atoms in total. The SMILES string of the molecule is CCOc1cc(/C=C2\C(=O)NC(=O)N(c3ccc([C@@H](C)CC)cc3)C2=O)ccc1O. The molecule has 0 radical (unpaired) electrons. The quantitative estimate of drug-likeness (QED) is 0.557. The summed E-state index contributed by atoms with van der Waals surface area (Å²) in [6, 6.07) is 10.8. The largest absolute Gasteiger partial charge is 0.504 e. The van der Waals surface area contributed by atoms with Crippen molar-refractivity contribution in [2.45, 2.75) is 33.1 Å². The second kappa shape index (κ2) is 8.82. The van der Waals surface area contributed by atoms with Crippen molar-refractivity contribution in [3.8, 4) is 11.5 Å². The molecule has 1 aliphatic rings. The number of imide groups is 2. The minimum atomic E-state index is -0.792. The van der Waals surface area contributed by atoms with E-state index in [1.54, 1.807) is 25.1 Å². The lowest BCUT2D eigenvalue weighted by atomic mass is 9.98. The molecule has 1 aliphatic heterocycles. The third-order valence-electron chi connectivity index (χ3n) is 5.03. The van der Waals surface area contributed by atoms with Gasteiger partial charge in [-0.2, -0.15) is 0 Å². The van der Waals surface area contributed by atoms with E-state index in [0.717, 1.165) is 16.9 Å². The number of nitrogens with zero attached hydrogens (tertiary/aromatic N) is 1. The van der Waals surface area contributed by atoms with Crippen molar-refractivity contribution in [2.75, 3.05) is 11.5 Å². The number of benzene rings is 2. The third-order valence-corrected chi connectivity index (χ3v) is 5.03. The molecule has 0 aliphatic carbocycles. The first-order valence-electron chi connectivity index (χ1n) is 9.82. The van der Waals surface area contributed by atoms with Crippen LogP contribution in [0.2, 0.25) is 0 Å². The molecular formula is C23H24N2O5. The molecule has 1 atom stereocenters. The van der Waals surface area contributed by atoms with E-state index in [4.69, 9.17) is 4.74 Å². The van der Waals surface area contributed by atoms with E-state index in [2.05, 4.69) is 19.2 Å². The van der Waals surface area contributed by atoms with Crippen LogP contribution in [0.1, 0.15) is 44.2 Å². The maximum Gasteiger partial charge on any atom is 0.335 e. The van der Waals surface area contributed by atoms with Gasteiger partial charge in [-0.25, -0.2) is 9.69 Å². The average Bonchev–Trinajstić information content (AvgIpc) is 2.73. The van der Waals surface area contributed by atoms with Gasteiger partial charge in [-0.15, -0.1) is 0 Å². The van der Waals surface area contributed by atoms with Crippen LogP contribution in [0.3, 0.4) is 0 Å². The number of amides is 4. The van der Waals surface area contributed by atoms with Crippen molar-refractivity contribution in [1.82, 2.24) is 5.32 Å². The van der Waals surface area contributed by atoms with Crippen molar-refractivity contribution < 1.29 is 24.2 Å². The normalized spacial score (nSPS) is 16.6. The summed E-state index contributed by atoms with van der Waals surface area (Å²) in [5.41, 5.74) is 1.78. The first-order chi connectivity index (χ1) is 14.3. The molecule has 3 rings (SSSR count). The molecule has 30 heavy (non-hydrogen) atoms. The van der Waals surface area contributed by atoms with E-state index in [0.29, 0.717) is 23.8 Å². The van der Waals surface area contributed by atoms with Crippen LogP contribution in [0.5, 0.6) is 11.5 Å². The Kier molecular flexibility index (Phi) is 6.20. The Morgan fingerprint density at radius 1 is 1.10 bits per heavy atom. The zero-order valence-electron chi connectivity index (χ0n) is 17.1.